The maximum atomic E-state index is 6.31. The van der Waals surface area contributed by atoms with Gasteiger partial charge in [-0.05, 0) is 41.2 Å². The first kappa shape index (κ1) is 11.9. The molecule has 0 saturated carbocycles. The van der Waals surface area contributed by atoms with Gasteiger partial charge in [-0.25, -0.2) is 0 Å². The molecule has 2 atom stereocenters. The molecule has 0 fully saturated rings. The van der Waals surface area contributed by atoms with Gasteiger partial charge in [0.25, 0.3) is 0 Å². The van der Waals surface area contributed by atoms with Gasteiger partial charge >= 0.3 is 0 Å². The zero-order valence-corrected chi connectivity index (χ0v) is 11.7. The highest BCUT2D eigenvalue weighted by Gasteiger charge is 2.30. The average Bonchev–Trinajstić information content (AvgIpc) is 3.02. The molecule has 0 amide bonds. The van der Waals surface area contributed by atoms with Crippen LogP contribution in [0.2, 0.25) is 0 Å². The number of nitrogens with zero attached hydrogens (tertiary/aromatic N) is 1. The van der Waals surface area contributed by atoms with E-state index in [0.717, 1.165) is 16.9 Å². The van der Waals surface area contributed by atoms with E-state index in [-0.39, 0.29) is 12.1 Å². The molecule has 4 heteroatoms. The van der Waals surface area contributed by atoms with E-state index in [1.807, 2.05) is 18.2 Å². The van der Waals surface area contributed by atoms with Crippen molar-refractivity contribution in [3.8, 4) is 0 Å². The lowest BCUT2D eigenvalue weighted by Crippen LogP contribution is -2.29. The van der Waals surface area contributed by atoms with Crippen molar-refractivity contribution in [2.24, 2.45) is 5.73 Å². The number of anilines is 1. The summed E-state index contributed by atoms with van der Waals surface area (Å²) >= 11 is 1.51. The van der Waals surface area contributed by atoms with Gasteiger partial charge in [0, 0.05) is 11.4 Å². The van der Waals surface area contributed by atoms with Gasteiger partial charge in [-0.3, -0.25) is 0 Å². The molecule has 1 aliphatic carbocycles. The molecule has 0 saturated heterocycles. The third kappa shape index (κ3) is 1.80. The third-order valence-corrected chi connectivity index (χ3v) is 4.75. The smallest absolute Gasteiger partial charge is 0.117 e. The number of benzene rings is 2. The van der Waals surface area contributed by atoms with Gasteiger partial charge in [0.05, 0.1) is 11.6 Å². The predicted octanol–water partition coefficient (Wildman–Crippen LogP) is 3.33. The molecule has 2 aromatic carbocycles. The molecule has 1 aliphatic rings. The van der Waals surface area contributed by atoms with Gasteiger partial charge in [0.2, 0.25) is 0 Å². The number of nitrogens with two attached hydrogens (primary N) is 1. The molecule has 1 heterocycles. The summed E-state index contributed by atoms with van der Waals surface area (Å²) in [5, 5.41) is 5.88. The largest absolute Gasteiger partial charge is 0.367 e. The fraction of sp³-hybridized carbons (Fsp3) is 0.188. The van der Waals surface area contributed by atoms with Gasteiger partial charge in [-0.1, -0.05) is 36.4 Å². The lowest BCUT2D eigenvalue weighted by atomic mass is 10.1. The van der Waals surface area contributed by atoms with Gasteiger partial charge in [-0.15, -0.1) is 0 Å². The molecule has 0 bridgehead atoms. The molecule has 0 aliphatic heterocycles. The maximum Gasteiger partial charge on any atom is 0.117 e. The van der Waals surface area contributed by atoms with Crippen molar-refractivity contribution in [3.05, 3.63) is 59.7 Å². The van der Waals surface area contributed by atoms with Crippen molar-refractivity contribution in [3.63, 3.8) is 0 Å². The molecule has 3 N–H and O–H groups in total. The second-order valence-electron chi connectivity index (χ2n) is 5.22. The normalized spacial score (nSPS) is 21.1. The first-order valence-corrected chi connectivity index (χ1v) is 7.54. The fourth-order valence-corrected chi connectivity index (χ4v) is 3.74. The lowest BCUT2D eigenvalue weighted by Gasteiger charge is -2.18. The lowest BCUT2D eigenvalue weighted by molar-refractivity contribution is 0.627. The van der Waals surface area contributed by atoms with Crippen molar-refractivity contribution in [2.45, 2.75) is 18.5 Å². The Morgan fingerprint density at radius 2 is 1.90 bits per heavy atom. The van der Waals surface area contributed by atoms with E-state index in [1.54, 1.807) is 0 Å². The second kappa shape index (κ2) is 4.58. The molecule has 0 radical (unpaired) electrons. The summed E-state index contributed by atoms with van der Waals surface area (Å²) in [6, 6.07) is 17.0. The average molecular weight is 281 g/mol. The minimum atomic E-state index is 0.119. The SMILES string of the molecule is NC1Cc2ccccc2C1Nc1snc2ccccc12. The maximum absolute atomic E-state index is 6.31. The summed E-state index contributed by atoms with van der Waals surface area (Å²) in [6.07, 6.45) is 0.935. The minimum Gasteiger partial charge on any atom is -0.367 e. The van der Waals surface area contributed by atoms with Gasteiger partial charge in [0.15, 0.2) is 0 Å². The van der Waals surface area contributed by atoms with Crippen molar-refractivity contribution < 1.29 is 0 Å². The predicted molar refractivity (Wildman–Crippen MR) is 84.1 cm³/mol. The van der Waals surface area contributed by atoms with E-state index in [1.165, 1.54) is 28.0 Å². The van der Waals surface area contributed by atoms with Gasteiger partial charge < -0.3 is 11.1 Å². The number of rotatable bonds is 2. The van der Waals surface area contributed by atoms with Crippen LogP contribution in [-0.2, 0) is 6.42 Å². The minimum absolute atomic E-state index is 0.119. The van der Waals surface area contributed by atoms with Crippen molar-refractivity contribution >= 4 is 27.4 Å². The number of hydrogen-bond acceptors (Lipinski definition) is 4. The Morgan fingerprint density at radius 1 is 1.10 bits per heavy atom. The van der Waals surface area contributed by atoms with Crippen LogP contribution in [0.5, 0.6) is 0 Å². The molecule has 2 unspecified atom stereocenters. The van der Waals surface area contributed by atoms with Crippen LogP contribution in [0.25, 0.3) is 10.9 Å². The summed E-state index contributed by atoms with van der Waals surface area (Å²) < 4.78 is 4.48. The van der Waals surface area contributed by atoms with Crippen LogP contribution in [0, 0.1) is 0 Å². The molecule has 100 valence electrons. The van der Waals surface area contributed by atoms with E-state index >= 15 is 0 Å². The van der Waals surface area contributed by atoms with Gasteiger partial charge in [-0.2, -0.15) is 4.37 Å². The van der Waals surface area contributed by atoms with Crippen LogP contribution >= 0.6 is 11.5 Å². The van der Waals surface area contributed by atoms with Crippen LogP contribution in [0.4, 0.5) is 5.00 Å². The molecule has 3 nitrogen and oxygen atoms in total. The standard InChI is InChI=1S/C16H15N3S/c17-13-9-10-5-1-2-6-11(10)15(13)18-16-12-7-3-4-8-14(12)19-20-16/h1-8,13,15,18H,9,17H2. The van der Waals surface area contributed by atoms with Crippen LogP contribution in [-0.4, -0.2) is 10.4 Å². The van der Waals surface area contributed by atoms with Crippen LogP contribution in [0.3, 0.4) is 0 Å². The summed E-state index contributed by atoms with van der Waals surface area (Å²) in [4.78, 5) is 0. The second-order valence-corrected chi connectivity index (χ2v) is 5.99. The number of aromatic nitrogens is 1. The molecule has 4 rings (SSSR count). The first-order valence-electron chi connectivity index (χ1n) is 6.77. The number of hydrogen-bond donors (Lipinski definition) is 2. The summed E-state index contributed by atoms with van der Waals surface area (Å²) in [5.74, 6) is 0. The first-order chi connectivity index (χ1) is 9.83. The highest BCUT2D eigenvalue weighted by Crippen LogP contribution is 2.36. The Bertz CT molecular complexity index is 765. The Hall–Kier alpha value is -1.91. The Morgan fingerprint density at radius 3 is 2.85 bits per heavy atom. The fourth-order valence-electron chi connectivity index (χ4n) is 2.95. The van der Waals surface area contributed by atoms with Crippen LogP contribution < -0.4 is 11.1 Å². The highest BCUT2D eigenvalue weighted by atomic mass is 32.1. The van der Waals surface area contributed by atoms with Crippen molar-refractivity contribution in [1.82, 2.24) is 4.37 Å². The number of nitrogens with one attached hydrogen (secondary N) is 1. The van der Waals surface area contributed by atoms with E-state index in [0.29, 0.717) is 0 Å². The molecule has 0 spiro atoms. The third-order valence-electron chi connectivity index (χ3n) is 3.94. The van der Waals surface area contributed by atoms with E-state index in [9.17, 15) is 0 Å². The molecule has 1 aromatic heterocycles. The summed E-state index contributed by atoms with van der Waals surface area (Å²) in [5.41, 5.74) is 10.0. The molecule has 20 heavy (non-hydrogen) atoms. The summed E-state index contributed by atoms with van der Waals surface area (Å²) in [7, 11) is 0. The zero-order valence-electron chi connectivity index (χ0n) is 10.9. The Kier molecular flexibility index (Phi) is 2.72. The number of fused-ring (bicyclic) bond motifs is 2. The van der Waals surface area contributed by atoms with Crippen LogP contribution in [0.1, 0.15) is 17.2 Å². The Balaban J connectivity index is 1.72. The Labute approximate surface area is 121 Å². The molecule has 3 aromatic rings. The van der Waals surface area contributed by atoms with E-state index < -0.39 is 0 Å². The van der Waals surface area contributed by atoms with Crippen molar-refractivity contribution in [1.29, 1.82) is 0 Å². The summed E-state index contributed by atoms with van der Waals surface area (Å²) in [6.45, 7) is 0. The van der Waals surface area contributed by atoms with E-state index in [4.69, 9.17) is 5.73 Å². The topological polar surface area (TPSA) is 50.9 Å². The van der Waals surface area contributed by atoms with Gasteiger partial charge in [0.1, 0.15) is 5.00 Å². The quantitative estimate of drug-likeness (QED) is 0.757. The van der Waals surface area contributed by atoms with E-state index in [2.05, 4.69) is 40.0 Å². The molecular formula is C16H15N3S. The van der Waals surface area contributed by atoms with Crippen molar-refractivity contribution in [2.75, 3.05) is 5.32 Å². The monoisotopic (exact) mass is 281 g/mol. The van der Waals surface area contributed by atoms with Crippen LogP contribution in [0.15, 0.2) is 48.5 Å². The highest BCUT2D eigenvalue weighted by molar-refractivity contribution is 7.11. The molecular weight excluding hydrogens is 266 g/mol. The zero-order chi connectivity index (χ0) is 13.5.